The molecule has 0 bridgehead atoms. The van der Waals surface area contributed by atoms with E-state index in [1.54, 1.807) is 0 Å². The largest absolute Gasteiger partial charge is 0.490 e. The van der Waals surface area contributed by atoms with Crippen LogP contribution in [0.1, 0.15) is 5.56 Å². The second-order valence-corrected chi connectivity index (χ2v) is 5.32. The van der Waals surface area contributed by atoms with Crippen molar-refractivity contribution < 1.29 is 18.9 Å². The van der Waals surface area contributed by atoms with Crippen molar-refractivity contribution in [3.8, 4) is 5.75 Å². The minimum atomic E-state index is 0.583. The first-order valence-electron chi connectivity index (χ1n) is 8.47. The summed E-state index contributed by atoms with van der Waals surface area (Å²) in [5.74, 6) is 0.836. The molecule has 0 saturated heterocycles. The van der Waals surface area contributed by atoms with Crippen molar-refractivity contribution in [1.29, 1.82) is 0 Å². The summed E-state index contributed by atoms with van der Waals surface area (Å²) in [4.78, 5) is 0. The van der Waals surface area contributed by atoms with Crippen molar-refractivity contribution in [2.24, 2.45) is 0 Å². The molecule has 0 aliphatic carbocycles. The van der Waals surface area contributed by atoms with Crippen LogP contribution in [0.15, 0.2) is 24.8 Å². The van der Waals surface area contributed by atoms with E-state index in [0.717, 1.165) is 30.1 Å². The van der Waals surface area contributed by atoms with Gasteiger partial charge in [-0.05, 0) is 17.7 Å². The van der Waals surface area contributed by atoms with Gasteiger partial charge in [0, 0.05) is 19.6 Å². The van der Waals surface area contributed by atoms with Gasteiger partial charge in [0.2, 0.25) is 0 Å². The zero-order valence-corrected chi connectivity index (χ0v) is 14.2. The van der Waals surface area contributed by atoms with Gasteiger partial charge in [-0.15, -0.1) is 0 Å². The molecule has 134 valence electrons. The van der Waals surface area contributed by atoms with E-state index in [9.17, 15) is 0 Å². The maximum atomic E-state index is 5.87. The highest BCUT2D eigenvalue weighted by Gasteiger charge is 2.05. The van der Waals surface area contributed by atoms with Gasteiger partial charge in [0.25, 0.3) is 0 Å². The van der Waals surface area contributed by atoms with Gasteiger partial charge in [-0.3, -0.25) is 0 Å². The van der Waals surface area contributed by atoms with Crippen molar-refractivity contribution >= 4 is 11.8 Å². The third-order valence-corrected chi connectivity index (χ3v) is 3.50. The van der Waals surface area contributed by atoms with Crippen LogP contribution in [0.2, 0.25) is 0 Å². The van der Waals surface area contributed by atoms with Gasteiger partial charge in [-0.25, -0.2) is 0 Å². The standard InChI is InChI=1S/C18H28N2O4/c1-2-16-3-4-18-17(15-16)20-7-9-22-12-14-23-13-11-21-8-5-19-6-10-24-18/h2-4,15,19-20H,1,5-14H2. The van der Waals surface area contributed by atoms with Crippen molar-refractivity contribution in [2.45, 2.75) is 0 Å². The summed E-state index contributed by atoms with van der Waals surface area (Å²) in [6.07, 6.45) is 1.82. The summed E-state index contributed by atoms with van der Waals surface area (Å²) >= 11 is 0. The predicted molar refractivity (Wildman–Crippen MR) is 95.8 cm³/mol. The Morgan fingerprint density at radius 1 is 0.833 bits per heavy atom. The molecule has 6 heteroatoms. The normalized spacial score (nSPS) is 19.0. The van der Waals surface area contributed by atoms with Crippen LogP contribution in [0.25, 0.3) is 6.08 Å². The third-order valence-electron chi connectivity index (χ3n) is 3.50. The molecule has 0 radical (unpaired) electrons. The lowest BCUT2D eigenvalue weighted by Gasteiger charge is -2.15. The molecule has 6 nitrogen and oxygen atoms in total. The fourth-order valence-corrected chi connectivity index (χ4v) is 2.24. The minimum Gasteiger partial charge on any atom is -0.490 e. The van der Waals surface area contributed by atoms with Crippen LogP contribution < -0.4 is 15.4 Å². The lowest BCUT2D eigenvalue weighted by atomic mass is 10.2. The lowest BCUT2D eigenvalue weighted by molar-refractivity contribution is 0.0169. The maximum Gasteiger partial charge on any atom is 0.142 e. The Hall–Kier alpha value is -1.60. The predicted octanol–water partition coefficient (Wildman–Crippen LogP) is 1.77. The van der Waals surface area contributed by atoms with Crippen LogP contribution >= 0.6 is 0 Å². The number of benzene rings is 1. The van der Waals surface area contributed by atoms with Gasteiger partial charge in [0.15, 0.2) is 0 Å². The number of hydrogen-bond acceptors (Lipinski definition) is 6. The van der Waals surface area contributed by atoms with Crippen molar-refractivity contribution in [1.82, 2.24) is 5.32 Å². The van der Waals surface area contributed by atoms with Crippen LogP contribution in [0.5, 0.6) is 5.75 Å². The van der Waals surface area contributed by atoms with Gasteiger partial charge in [-0.2, -0.15) is 0 Å². The quantitative estimate of drug-likeness (QED) is 0.815. The van der Waals surface area contributed by atoms with Crippen molar-refractivity contribution in [3.05, 3.63) is 30.3 Å². The van der Waals surface area contributed by atoms with Crippen LogP contribution in [-0.4, -0.2) is 65.9 Å². The van der Waals surface area contributed by atoms with Gasteiger partial charge >= 0.3 is 0 Å². The van der Waals surface area contributed by atoms with Crippen molar-refractivity contribution in [2.75, 3.05) is 71.2 Å². The highest BCUT2D eigenvalue weighted by Crippen LogP contribution is 2.26. The molecular formula is C18H28N2O4. The molecule has 0 amide bonds. The maximum absolute atomic E-state index is 5.87. The lowest BCUT2D eigenvalue weighted by Crippen LogP contribution is -2.26. The van der Waals surface area contributed by atoms with E-state index in [1.165, 1.54) is 0 Å². The van der Waals surface area contributed by atoms with Crippen LogP contribution in [-0.2, 0) is 14.2 Å². The second kappa shape index (κ2) is 11.9. The van der Waals surface area contributed by atoms with E-state index in [1.807, 2.05) is 24.3 Å². The molecule has 0 atom stereocenters. The topological polar surface area (TPSA) is 61.0 Å². The molecule has 0 unspecified atom stereocenters. The Balaban J connectivity index is 1.89. The molecule has 1 aromatic rings. The third kappa shape index (κ3) is 7.31. The molecule has 0 fully saturated rings. The molecule has 0 aromatic heterocycles. The fourth-order valence-electron chi connectivity index (χ4n) is 2.24. The molecule has 24 heavy (non-hydrogen) atoms. The van der Waals surface area contributed by atoms with E-state index in [2.05, 4.69) is 17.2 Å². The highest BCUT2D eigenvalue weighted by molar-refractivity contribution is 5.63. The number of ether oxygens (including phenoxy) is 4. The molecule has 1 aliphatic rings. The van der Waals surface area contributed by atoms with E-state index >= 15 is 0 Å². The smallest absolute Gasteiger partial charge is 0.142 e. The summed E-state index contributed by atoms with van der Waals surface area (Å²) in [5, 5.41) is 6.66. The molecule has 1 aromatic carbocycles. The number of nitrogens with one attached hydrogen (secondary N) is 2. The average molecular weight is 336 g/mol. The van der Waals surface area contributed by atoms with E-state index in [4.69, 9.17) is 18.9 Å². The Morgan fingerprint density at radius 3 is 2.25 bits per heavy atom. The van der Waals surface area contributed by atoms with Crippen LogP contribution in [0.4, 0.5) is 5.69 Å². The summed E-state index contributed by atoms with van der Waals surface area (Å²) in [5.41, 5.74) is 2.01. The number of anilines is 1. The van der Waals surface area contributed by atoms with Crippen molar-refractivity contribution in [3.63, 3.8) is 0 Å². The van der Waals surface area contributed by atoms with E-state index in [-0.39, 0.29) is 0 Å². The zero-order valence-electron chi connectivity index (χ0n) is 14.2. The molecule has 0 saturated carbocycles. The Kier molecular flexibility index (Phi) is 9.26. The molecule has 1 aliphatic heterocycles. The Labute approximate surface area is 144 Å². The van der Waals surface area contributed by atoms with Gasteiger partial charge < -0.3 is 29.6 Å². The van der Waals surface area contributed by atoms with Gasteiger partial charge in [-0.1, -0.05) is 18.7 Å². The number of hydrogen-bond donors (Lipinski definition) is 2. The first-order valence-corrected chi connectivity index (χ1v) is 8.47. The first-order chi connectivity index (χ1) is 11.9. The molecule has 1 heterocycles. The first kappa shape index (κ1) is 18.7. The fraction of sp³-hybridized carbons (Fsp3) is 0.556. The molecular weight excluding hydrogens is 308 g/mol. The molecule has 2 N–H and O–H groups in total. The summed E-state index contributed by atoms with van der Waals surface area (Å²) in [6, 6.07) is 6.00. The Bertz CT molecular complexity index is 482. The minimum absolute atomic E-state index is 0.583. The Morgan fingerprint density at radius 2 is 1.50 bits per heavy atom. The summed E-state index contributed by atoms with van der Waals surface area (Å²) < 4.78 is 22.3. The van der Waals surface area contributed by atoms with Gasteiger partial charge in [0.05, 0.1) is 45.3 Å². The molecule has 0 spiro atoms. The average Bonchev–Trinajstić information content (AvgIpc) is 2.61. The van der Waals surface area contributed by atoms with Crippen LogP contribution in [0, 0.1) is 0 Å². The SMILES string of the molecule is C=Cc1ccc2c(c1)NCCOCCOCCOCCNCCO2. The highest BCUT2D eigenvalue weighted by atomic mass is 16.5. The monoisotopic (exact) mass is 336 g/mol. The van der Waals surface area contributed by atoms with E-state index in [0.29, 0.717) is 52.8 Å². The number of rotatable bonds is 1. The number of fused-ring (bicyclic) bond motifs is 1. The second-order valence-electron chi connectivity index (χ2n) is 5.32. The van der Waals surface area contributed by atoms with Gasteiger partial charge in [0.1, 0.15) is 12.4 Å². The van der Waals surface area contributed by atoms with Crippen LogP contribution in [0.3, 0.4) is 0 Å². The zero-order chi connectivity index (χ0) is 16.9. The molecule has 2 rings (SSSR count). The summed E-state index contributed by atoms with van der Waals surface area (Å²) in [6.45, 7) is 10.3. The summed E-state index contributed by atoms with van der Waals surface area (Å²) in [7, 11) is 0. The van der Waals surface area contributed by atoms with E-state index < -0.39 is 0 Å².